The summed E-state index contributed by atoms with van der Waals surface area (Å²) in [4.78, 5) is 73.3. The maximum absolute atomic E-state index is 13.1. The highest BCUT2D eigenvalue weighted by Gasteiger charge is 2.30. The van der Waals surface area contributed by atoms with Crippen LogP contribution in [0.4, 0.5) is 0 Å². The third-order valence-corrected chi connectivity index (χ3v) is 22.4. The van der Waals surface area contributed by atoms with Crippen LogP contribution < -0.4 is 0 Å². The maximum atomic E-state index is 13.1. The fourth-order valence-electron chi connectivity index (χ4n) is 13.3. The van der Waals surface area contributed by atoms with Gasteiger partial charge in [0.15, 0.2) is 12.2 Å². The van der Waals surface area contributed by atoms with E-state index in [1.807, 2.05) is 0 Å². The molecule has 0 heterocycles. The Kier molecular flexibility index (Phi) is 74.7. The summed E-state index contributed by atoms with van der Waals surface area (Å²) in [6.45, 7) is 12.0. The van der Waals surface area contributed by atoms with Gasteiger partial charge >= 0.3 is 39.5 Å². The molecule has 3 unspecified atom stereocenters. The molecule has 0 amide bonds. The molecule has 3 N–H and O–H groups in total. The second-order valence-electron chi connectivity index (χ2n) is 32.1. The number of phosphoric ester groups is 2. The van der Waals surface area contributed by atoms with Crippen LogP contribution >= 0.6 is 15.6 Å². The molecule has 0 aliphatic heterocycles. The van der Waals surface area contributed by atoms with Crippen molar-refractivity contribution in [1.29, 1.82) is 0 Å². The number of carbonyl (C=O) groups is 4. The Labute approximate surface area is 645 Å². The predicted molar refractivity (Wildman–Crippen MR) is 432 cm³/mol. The van der Waals surface area contributed by atoms with Gasteiger partial charge < -0.3 is 33.8 Å². The van der Waals surface area contributed by atoms with E-state index in [2.05, 4.69) is 48.5 Å². The first-order chi connectivity index (χ1) is 50.8. The zero-order valence-electron chi connectivity index (χ0n) is 69.2. The smallest absolute Gasteiger partial charge is 0.462 e. The number of hydrogen-bond acceptors (Lipinski definition) is 15. The van der Waals surface area contributed by atoms with E-state index >= 15 is 0 Å². The molecule has 0 aliphatic carbocycles. The Morgan fingerprint density at radius 1 is 0.276 bits per heavy atom. The molecule has 0 rings (SSSR count). The number of unbranched alkanes of at least 4 members (excludes halogenated alkanes) is 51. The Bertz CT molecular complexity index is 2030. The minimum Gasteiger partial charge on any atom is -0.462 e. The molecule has 0 spiro atoms. The van der Waals surface area contributed by atoms with E-state index < -0.39 is 97.5 Å². The van der Waals surface area contributed by atoms with E-state index in [9.17, 15) is 43.2 Å². The number of aliphatic hydroxyl groups excluding tert-OH is 1. The van der Waals surface area contributed by atoms with Crippen molar-refractivity contribution in [2.75, 3.05) is 39.6 Å². The van der Waals surface area contributed by atoms with Gasteiger partial charge in [-0.1, -0.05) is 402 Å². The minimum absolute atomic E-state index is 0.108. The van der Waals surface area contributed by atoms with Crippen LogP contribution in [0, 0.1) is 17.8 Å². The van der Waals surface area contributed by atoms with E-state index in [-0.39, 0.29) is 25.7 Å². The van der Waals surface area contributed by atoms with Crippen molar-refractivity contribution in [1.82, 2.24) is 0 Å². The monoisotopic (exact) mass is 1540 g/mol. The van der Waals surface area contributed by atoms with Crippen LogP contribution in [0.25, 0.3) is 0 Å². The molecule has 0 aliphatic rings. The summed E-state index contributed by atoms with van der Waals surface area (Å²) in [7, 11) is -9.93. The molecular formula is C86H168O17P2. The van der Waals surface area contributed by atoms with Crippen LogP contribution in [0.15, 0.2) is 0 Å². The van der Waals surface area contributed by atoms with Crippen molar-refractivity contribution < 1.29 is 80.2 Å². The first-order valence-corrected chi connectivity index (χ1v) is 47.4. The standard InChI is InChI=1S/C86H168O17P2/c1-8-10-11-12-13-14-15-16-17-18-23-29-34-39-48-55-62-69-86(91)103-82(74-97-84(89)68-61-54-47-42-41-45-52-59-66-79(7)9-2)76-101-105(94,95)99-72-80(87)71-98-104(92,93)100-75-81(102-85(90)70-63-56-49-40-35-30-25-20-22-27-32-37-44-51-58-65-78(5)6)73-96-83(88)67-60-53-46-38-33-28-24-19-21-26-31-36-43-50-57-64-77(3)4/h77-82,87H,8-76H2,1-7H3,(H,92,93)(H,94,95)/t79?,80-,81-,82-/m1/s1. The average Bonchev–Trinajstić information content (AvgIpc) is 0.915. The van der Waals surface area contributed by atoms with E-state index in [0.717, 1.165) is 108 Å². The zero-order chi connectivity index (χ0) is 77.2. The lowest BCUT2D eigenvalue weighted by Gasteiger charge is -2.21. The predicted octanol–water partition coefficient (Wildman–Crippen LogP) is 26.1. The molecule has 0 saturated heterocycles. The number of esters is 4. The van der Waals surface area contributed by atoms with E-state index in [0.29, 0.717) is 25.7 Å². The van der Waals surface area contributed by atoms with Crippen LogP contribution in [0.5, 0.6) is 0 Å². The van der Waals surface area contributed by atoms with Gasteiger partial charge in [-0.2, -0.15) is 0 Å². The average molecular weight is 1540 g/mol. The maximum Gasteiger partial charge on any atom is 0.472 e. The Hall–Kier alpha value is -1.94. The summed E-state index contributed by atoms with van der Waals surface area (Å²) in [6.07, 6.45) is 66.5. The van der Waals surface area contributed by atoms with E-state index in [1.54, 1.807) is 0 Å². The van der Waals surface area contributed by atoms with Crippen molar-refractivity contribution in [3.05, 3.63) is 0 Å². The molecule has 19 heteroatoms. The van der Waals surface area contributed by atoms with Crippen LogP contribution in [-0.4, -0.2) is 96.7 Å². The lowest BCUT2D eigenvalue weighted by molar-refractivity contribution is -0.161. The van der Waals surface area contributed by atoms with Gasteiger partial charge in [0.2, 0.25) is 0 Å². The quantitative estimate of drug-likeness (QED) is 0.0222. The van der Waals surface area contributed by atoms with Gasteiger partial charge in [0.1, 0.15) is 19.3 Å². The molecule has 0 aromatic carbocycles. The van der Waals surface area contributed by atoms with Gasteiger partial charge in [0.05, 0.1) is 26.4 Å². The highest BCUT2D eigenvalue weighted by molar-refractivity contribution is 7.47. The molecular weight excluding hydrogens is 1370 g/mol. The highest BCUT2D eigenvalue weighted by Crippen LogP contribution is 2.45. The molecule has 0 saturated carbocycles. The van der Waals surface area contributed by atoms with Crippen LogP contribution in [0.1, 0.15) is 453 Å². The van der Waals surface area contributed by atoms with Gasteiger partial charge in [-0.05, 0) is 43.4 Å². The number of ether oxygens (including phenoxy) is 4. The van der Waals surface area contributed by atoms with Crippen molar-refractivity contribution in [3.63, 3.8) is 0 Å². The van der Waals surface area contributed by atoms with Gasteiger partial charge in [-0.3, -0.25) is 37.3 Å². The number of carbonyl (C=O) groups excluding carboxylic acids is 4. The van der Waals surface area contributed by atoms with Crippen molar-refractivity contribution in [2.24, 2.45) is 17.8 Å². The van der Waals surface area contributed by atoms with Gasteiger partial charge in [-0.15, -0.1) is 0 Å². The minimum atomic E-state index is -4.97. The second kappa shape index (κ2) is 76.1. The summed E-state index contributed by atoms with van der Waals surface area (Å²) in [5.41, 5.74) is 0. The van der Waals surface area contributed by atoms with Gasteiger partial charge in [0, 0.05) is 25.7 Å². The summed E-state index contributed by atoms with van der Waals surface area (Å²) in [6, 6.07) is 0. The molecule has 0 aromatic heterocycles. The summed E-state index contributed by atoms with van der Waals surface area (Å²) >= 11 is 0. The number of phosphoric acid groups is 2. The molecule has 17 nitrogen and oxygen atoms in total. The van der Waals surface area contributed by atoms with Crippen LogP contribution in [0.3, 0.4) is 0 Å². The van der Waals surface area contributed by atoms with E-state index in [1.165, 1.54) is 263 Å². The zero-order valence-corrected chi connectivity index (χ0v) is 71.0. The number of rotatable bonds is 84. The fourth-order valence-corrected chi connectivity index (χ4v) is 14.9. The highest BCUT2D eigenvalue weighted by atomic mass is 31.2. The third kappa shape index (κ3) is 78.5. The molecule has 105 heavy (non-hydrogen) atoms. The summed E-state index contributed by atoms with van der Waals surface area (Å²) < 4.78 is 68.9. The van der Waals surface area contributed by atoms with Crippen molar-refractivity contribution in [2.45, 2.75) is 471 Å². The molecule has 624 valence electrons. The third-order valence-electron chi connectivity index (χ3n) is 20.5. The second-order valence-corrected chi connectivity index (χ2v) is 35.0. The van der Waals surface area contributed by atoms with E-state index in [4.69, 9.17) is 37.0 Å². The topological polar surface area (TPSA) is 237 Å². The normalized spacial score (nSPS) is 14.1. The molecule has 0 aromatic rings. The molecule has 0 radical (unpaired) electrons. The van der Waals surface area contributed by atoms with Crippen LogP contribution in [-0.2, 0) is 65.4 Å². The molecule has 6 atom stereocenters. The first kappa shape index (κ1) is 103. The molecule has 0 fully saturated rings. The van der Waals surface area contributed by atoms with Gasteiger partial charge in [-0.25, -0.2) is 9.13 Å². The summed E-state index contributed by atoms with van der Waals surface area (Å²) in [5, 5.41) is 10.7. The SMILES string of the molecule is CCCCCCCCCCCCCCCCCCCC(=O)O[C@H](COC(=O)CCCCCCCCCCC(C)CC)COP(=O)(O)OC[C@H](O)COP(=O)(O)OC[C@@H](COC(=O)CCCCCCCCCCCCCCCCCC(C)C)OC(=O)CCCCCCCCCCCCCCCCCC(C)C. The largest absolute Gasteiger partial charge is 0.472 e. The van der Waals surface area contributed by atoms with Crippen molar-refractivity contribution in [3.8, 4) is 0 Å². The number of hydrogen-bond donors (Lipinski definition) is 3. The number of aliphatic hydroxyl groups is 1. The Morgan fingerprint density at radius 3 is 0.724 bits per heavy atom. The fraction of sp³-hybridized carbons (Fsp3) is 0.953. The lowest BCUT2D eigenvalue weighted by Crippen LogP contribution is -2.30. The first-order valence-electron chi connectivity index (χ1n) is 44.4. The van der Waals surface area contributed by atoms with Gasteiger partial charge in [0.25, 0.3) is 0 Å². The Balaban J connectivity index is 5.27. The van der Waals surface area contributed by atoms with Crippen molar-refractivity contribution >= 4 is 39.5 Å². The van der Waals surface area contributed by atoms with Crippen LogP contribution in [0.2, 0.25) is 0 Å². The lowest BCUT2D eigenvalue weighted by atomic mass is 9.99. The summed E-state index contributed by atoms with van der Waals surface area (Å²) in [5.74, 6) is 0.283. The Morgan fingerprint density at radius 2 is 0.486 bits per heavy atom. The molecule has 0 bridgehead atoms.